The number of sulfonamides is 1. The molecule has 0 bridgehead atoms. The van der Waals surface area contributed by atoms with Crippen LogP contribution in [0.2, 0.25) is 0 Å². The molecule has 0 aliphatic carbocycles. The number of rotatable bonds is 6. The molecule has 11 heteroatoms. The van der Waals surface area contributed by atoms with E-state index in [1.54, 1.807) is 0 Å². The molecule has 0 unspecified atom stereocenters. The highest BCUT2D eigenvalue weighted by Crippen LogP contribution is 2.33. The second kappa shape index (κ2) is 9.04. The standard InChI is InChI=1S/C24H29N7O3S/c1-14-6-5-7-17-12-19(15(2)27-22-21-23(26-13-25-22)29-16(3)28-21)30-24(20(14)17)34-18-8-10-31(11-9-18)35(4,32)33/h5-7,12-13,15,18H,8-11H2,1-4H3,(H2,25,26,27,28,29)/t15-/m0/s1. The highest BCUT2D eigenvalue weighted by atomic mass is 32.2. The summed E-state index contributed by atoms with van der Waals surface area (Å²) in [5.41, 5.74) is 3.26. The second-order valence-corrected chi connectivity index (χ2v) is 11.1. The van der Waals surface area contributed by atoms with Crippen molar-refractivity contribution in [2.24, 2.45) is 0 Å². The van der Waals surface area contributed by atoms with Crippen molar-refractivity contribution in [3.63, 3.8) is 0 Å². The number of hydrogen-bond acceptors (Lipinski definition) is 8. The van der Waals surface area contributed by atoms with E-state index >= 15 is 0 Å². The number of benzene rings is 1. The zero-order valence-corrected chi connectivity index (χ0v) is 21.1. The van der Waals surface area contributed by atoms with Gasteiger partial charge in [0.25, 0.3) is 0 Å². The van der Waals surface area contributed by atoms with E-state index in [9.17, 15) is 8.42 Å². The Morgan fingerprint density at radius 2 is 1.94 bits per heavy atom. The molecule has 4 heterocycles. The molecule has 0 spiro atoms. The first-order valence-electron chi connectivity index (χ1n) is 11.6. The molecule has 10 nitrogen and oxygen atoms in total. The average molecular weight is 496 g/mol. The molecule has 0 amide bonds. The lowest BCUT2D eigenvalue weighted by Crippen LogP contribution is -2.41. The van der Waals surface area contributed by atoms with Gasteiger partial charge in [-0.15, -0.1) is 0 Å². The molecule has 1 aromatic carbocycles. The van der Waals surface area contributed by atoms with E-state index in [0.717, 1.165) is 33.4 Å². The second-order valence-electron chi connectivity index (χ2n) is 9.11. The van der Waals surface area contributed by atoms with E-state index < -0.39 is 10.0 Å². The van der Waals surface area contributed by atoms with Crippen molar-refractivity contribution in [3.8, 4) is 5.88 Å². The third-order valence-electron chi connectivity index (χ3n) is 6.40. The number of aromatic nitrogens is 5. The Kier molecular flexibility index (Phi) is 6.06. The maximum Gasteiger partial charge on any atom is 0.222 e. The zero-order chi connectivity index (χ0) is 24.7. The van der Waals surface area contributed by atoms with Crippen LogP contribution in [0.3, 0.4) is 0 Å². The monoisotopic (exact) mass is 495 g/mol. The van der Waals surface area contributed by atoms with Gasteiger partial charge < -0.3 is 15.0 Å². The number of aryl methyl sites for hydroxylation is 2. The van der Waals surface area contributed by atoms with Crippen LogP contribution in [-0.2, 0) is 10.0 Å². The van der Waals surface area contributed by atoms with Gasteiger partial charge in [-0.3, -0.25) is 0 Å². The van der Waals surface area contributed by atoms with Gasteiger partial charge in [0.05, 0.1) is 18.0 Å². The Bertz CT molecular complexity index is 1490. The van der Waals surface area contributed by atoms with Crippen molar-refractivity contribution < 1.29 is 13.2 Å². The average Bonchev–Trinajstić information content (AvgIpc) is 3.20. The van der Waals surface area contributed by atoms with Gasteiger partial charge in [0.2, 0.25) is 15.9 Å². The first-order chi connectivity index (χ1) is 16.7. The van der Waals surface area contributed by atoms with Crippen molar-refractivity contribution in [3.05, 3.63) is 47.7 Å². The minimum atomic E-state index is -3.19. The molecule has 0 saturated carbocycles. The number of H-pyrrole nitrogens is 1. The molecule has 184 valence electrons. The summed E-state index contributed by atoms with van der Waals surface area (Å²) in [7, 11) is -3.19. The SMILES string of the molecule is Cc1nc2ncnc(N[C@@H](C)c3cc4cccc(C)c4c(OC4CCN(S(C)(=O)=O)CC4)n3)c2[nH]1. The Hall–Kier alpha value is -3.31. The lowest BCUT2D eigenvalue weighted by molar-refractivity contribution is 0.131. The first kappa shape index (κ1) is 23.4. The quantitative estimate of drug-likeness (QED) is 0.416. The Balaban J connectivity index is 1.44. The molecular formula is C24H29N7O3S. The van der Waals surface area contributed by atoms with Crippen molar-refractivity contribution >= 4 is 37.8 Å². The molecule has 1 saturated heterocycles. The molecule has 1 fully saturated rings. The van der Waals surface area contributed by atoms with Crippen LogP contribution < -0.4 is 10.1 Å². The molecule has 1 aliphatic heterocycles. The van der Waals surface area contributed by atoms with Gasteiger partial charge in [-0.25, -0.2) is 32.7 Å². The van der Waals surface area contributed by atoms with Gasteiger partial charge in [0.1, 0.15) is 23.8 Å². The normalized spacial score (nSPS) is 16.6. The van der Waals surface area contributed by atoms with E-state index in [4.69, 9.17) is 9.72 Å². The molecule has 0 radical (unpaired) electrons. The lowest BCUT2D eigenvalue weighted by Gasteiger charge is -2.30. The maximum atomic E-state index is 11.9. The van der Waals surface area contributed by atoms with E-state index in [1.165, 1.54) is 16.9 Å². The van der Waals surface area contributed by atoms with Crippen LogP contribution in [-0.4, -0.2) is 63.1 Å². The molecule has 2 N–H and O–H groups in total. The predicted molar refractivity (Wildman–Crippen MR) is 135 cm³/mol. The van der Waals surface area contributed by atoms with E-state index in [2.05, 4.69) is 37.4 Å². The van der Waals surface area contributed by atoms with Gasteiger partial charge >= 0.3 is 0 Å². The number of nitrogens with one attached hydrogen (secondary N) is 2. The van der Waals surface area contributed by atoms with Crippen LogP contribution in [0.15, 0.2) is 30.6 Å². The zero-order valence-electron chi connectivity index (χ0n) is 20.2. The van der Waals surface area contributed by atoms with Gasteiger partial charge in [-0.05, 0) is 50.6 Å². The molecule has 35 heavy (non-hydrogen) atoms. The van der Waals surface area contributed by atoms with Gasteiger partial charge in [0.15, 0.2) is 11.5 Å². The summed E-state index contributed by atoms with van der Waals surface area (Å²) in [4.78, 5) is 21.1. The number of nitrogens with zero attached hydrogens (tertiary/aromatic N) is 5. The summed E-state index contributed by atoms with van der Waals surface area (Å²) in [6, 6.07) is 8.02. The number of imidazole rings is 1. The van der Waals surface area contributed by atoms with Crippen LogP contribution in [0.25, 0.3) is 21.9 Å². The Morgan fingerprint density at radius 1 is 1.17 bits per heavy atom. The number of hydrogen-bond donors (Lipinski definition) is 2. The molecule has 5 rings (SSSR count). The van der Waals surface area contributed by atoms with Crippen LogP contribution in [0.1, 0.15) is 42.9 Å². The van der Waals surface area contributed by atoms with Crippen LogP contribution in [0.4, 0.5) is 5.82 Å². The van der Waals surface area contributed by atoms with Gasteiger partial charge in [0, 0.05) is 18.5 Å². The molecule has 1 aliphatic rings. The Labute approximate surface area is 204 Å². The minimum Gasteiger partial charge on any atom is -0.474 e. The highest BCUT2D eigenvalue weighted by molar-refractivity contribution is 7.88. The number of aromatic amines is 1. The van der Waals surface area contributed by atoms with Crippen molar-refractivity contribution in [2.45, 2.75) is 45.8 Å². The van der Waals surface area contributed by atoms with Crippen LogP contribution >= 0.6 is 0 Å². The molecular weight excluding hydrogens is 466 g/mol. The fourth-order valence-corrected chi connectivity index (χ4v) is 5.42. The van der Waals surface area contributed by atoms with E-state index in [-0.39, 0.29) is 12.1 Å². The van der Waals surface area contributed by atoms with Crippen molar-refractivity contribution in [1.29, 1.82) is 0 Å². The van der Waals surface area contributed by atoms with Gasteiger partial charge in [-0.1, -0.05) is 18.2 Å². The van der Waals surface area contributed by atoms with Crippen LogP contribution in [0.5, 0.6) is 5.88 Å². The summed E-state index contributed by atoms with van der Waals surface area (Å²) >= 11 is 0. The van der Waals surface area contributed by atoms with Crippen molar-refractivity contribution in [1.82, 2.24) is 29.2 Å². The lowest BCUT2D eigenvalue weighted by atomic mass is 10.0. The Morgan fingerprint density at radius 3 is 2.69 bits per heavy atom. The topological polar surface area (TPSA) is 126 Å². The number of fused-ring (bicyclic) bond motifs is 2. The number of piperidine rings is 1. The van der Waals surface area contributed by atoms with Gasteiger partial charge in [-0.2, -0.15) is 0 Å². The number of ether oxygens (including phenoxy) is 1. The molecule has 3 aromatic heterocycles. The summed E-state index contributed by atoms with van der Waals surface area (Å²) in [6.45, 7) is 6.85. The van der Waals surface area contributed by atoms with E-state index in [0.29, 0.717) is 43.3 Å². The molecule has 4 aromatic rings. The van der Waals surface area contributed by atoms with Crippen LogP contribution in [0, 0.1) is 13.8 Å². The maximum absolute atomic E-state index is 11.9. The fourth-order valence-electron chi connectivity index (χ4n) is 4.55. The number of pyridine rings is 1. The summed E-state index contributed by atoms with van der Waals surface area (Å²) < 4.78 is 31.7. The highest BCUT2D eigenvalue weighted by Gasteiger charge is 2.27. The fraction of sp³-hybridized carbons (Fsp3) is 0.417. The first-order valence-corrected chi connectivity index (χ1v) is 13.5. The summed E-state index contributed by atoms with van der Waals surface area (Å²) in [5, 5.41) is 5.45. The summed E-state index contributed by atoms with van der Waals surface area (Å²) in [6.07, 6.45) is 3.89. The third kappa shape index (κ3) is 4.78. The smallest absolute Gasteiger partial charge is 0.222 e. The third-order valence-corrected chi connectivity index (χ3v) is 7.71. The summed E-state index contributed by atoms with van der Waals surface area (Å²) in [5.74, 6) is 2.00. The van der Waals surface area contributed by atoms with E-state index in [1.807, 2.05) is 32.9 Å². The molecule has 1 atom stereocenters. The van der Waals surface area contributed by atoms with Crippen molar-refractivity contribution in [2.75, 3.05) is 24.7 Å². The number of anilines is 1. The largest absolute Gasteiger partial charge is 0.474 e. The predicted octanol–water partition coefficient (Wildman–Crippen LogP) is 3.49. The minimum absolute atomic E-state index is 0.101.